The zero-order chi connectivity index (χ0) is 13.1. The number of amides is 1. The SMILES string of the molecule is Cc1nc(C(=O)NC(C)c2ccc(N)cc2)n[nH]1. The molecule has 18 heavy (non-hydrogen) atoms. The third kappa shape index (κ3) is 2.65. The molecule has 0 aliphatic carbocycles. The van der Waals surface area contributed by atoms with E-state index in [-0.39, 0.29) is 17.8 Å². The number of hydrogen-bond donors (Lipinski definition) is 3. The van der Waals surface area contributed by atoms with E-state index in [1.807, 2.05) is 19.1 Å². The summed E-state index contributed by atoms with van der Waals surface area (Å²) in [6, 6.07) is 7.23. The summed E-state index contributed by atoms with van der Waals surface area (Å²) in [7, 11) is 0. The van der Waals surface area contributed by atoms with Gasteiger partial charge in [0.1, 0.15) is 5.82 Å². The Balaban J connectivity index is 2.05. The molecule has 1 heterocycles. The number of aromatic nitrogens is 3. The van der Waals surface area contributed by atoms with Crippen molar-refractivity contribution in [3.63, 3.8) is 0 Å². The quantitative estimate of drug-likeness (QED) is 0.707. The first-order valence-corrected chi connectivity index (χ1v) is 5.61. The number of benzene rings is 1. The van der Waals surface area contributed by atoms with Gasteiger partial charge in [-0.1, -0.05) is 12.1 Å². The van der Waals surface area contributed by atoms with Crippen LogP contribution in [0.5, 0.6) is 0 Å². The van der Waals surface area contributed by atoms with Crippen molar-refractivity contribution < 1.29 is 4.79 Å². The first-order chi connectivity index (χ1) is 8.56. The Bertz CT molecular complexity index is 546. The minimum absolute atomic E-state index is 0.128. The number of nitrogen functional groups attached to an aromatic ring is 1. The maximum absolute atomic E-state index is 11.8. The summed E-state index contributed by atoms with van der Waals surface area (Å²) in [6.07, 6.45) is 0. The fraction of sp³-hybridized carbons (Fsp3) is 0.250. The number of nitrogens with one attached hydrogen (secondary N) is 2. The van der Waals surface area contributed by atoms with Crippen LogP contribution in [0.3, 0.4) is 0 Å². The molecule has 4 N–H and O–H groups in total. The molecule has 0 spiro atoms. The van der Waals surface area contributed by atoms with E-state index in [0.29, 0.717) is 11.5 Å². The Kier molecular flexibility index (Phi) is 3.27. The van der Waals surface area contributed by atoms with Crippen LogP contribution in [-0.2, 0) is 0 Å². The van der Waals surface area contributed by atoms with Gasteiger partial charge in [-0.15, -0.1) is 5.10 Å². The van der Waals surface area contributed by atoms with Crippen molar-refractivity contribution >= 4 is 11.6 Å². The summed E-state index contributed by atoms with van der Waals surface area (Å²) in [5, 5.41) is 9.26. The number of carbonyl (C=O) groups is 1. The number of nitrogens with zero attached hydrogens (tertiary/aromatic N) is 2. The van der Waals surface area contributed by atoms with Crippen LogP contribution in [0.4, 0.5) is 5.69 Å². The van der Waals surface area contributed by atoms with Crippen LogP contribution in [0.25, 0.3) is 0 Å². The van der Waals surface area contributed by atoms with E-state index in [1.54, 1.807) is 19.1 Å². The Morgan fingerprint density at radius 3 is 2.61 bits per heavy atom. The lowest BCUT2D eigenvalue weighted by Crippen LogP contribution is -2.27. The molecule has 0 radical (unpaired) electrons. The second-order valence-electron chi connectivity index (χ2n) is 4.11. The fourth-order valence-electron chi connectivity index (χ4n) is 1.57. The average Bonchev–Trinajstić information content (AvgIpc) is 2.76. The van der Waals surface area contributed by atoms with Gasteiger partial charge >= 0.3 is 0 Å². The first kappa shape index (κ1) is 12.1. The van der Waals surface area contributed by atoms with Crippen molar-refractivity contribution in [2.75, 3.05) is 5.73 Å². The molecule has 6 heteroatoms. The molecule has 1 aromatic carbocycles. The molecule has 0 bridgehead atoms. The van der Waals surface area contributed by atoms with Crippen LogP contribution in [0.1, 0.15) is 35.0 Å². The van der Waals surface area contributed by atoms with E-state index in [2.05, 4.69) is 20.5 Å². The van der Waals surface area contributed by atoms with E-state index < -0.39 is 0 Å². The molecule has 2 aromatic rings. The van der Waals surface area contributed by atoms with Gasteiger partial charge in [-0.25, -0.2) is 4.98 Å². The normalized spacial score (nSPS) is 12.1. The smallest absolute Gasteiger partial charge is 0.291 e. The van der Waals surface area contributed by atoms with Gasteiger partial charge in [-0.2, -0.15) is 0 Å². The molecule has 1 aromatic heterocycles. The Hall–Kier alpha value is -2.37. The van der Waals surface area contributed by atoms with Gasteiger partial charge in [0.25, 0.3) is 5.91 Å². The number of aromatic amines is 1. The van der Waals surface area contributed by atoms with Crippen LogP contribution in [0, 0.1) is 6.92 Å². The fourth-order valence-corrected chi connectivity index (χ4v) is 1.57. The van der Waals surface area contributed by atoms with E-state index in [1.165, 1.54) is 0 Å². The zero-order valence-corrected chi connectivity index (χ0v) is 10.3. The largest absolute Gasteiger partial charge is 0.399 e. The number of nitrogens with two attached hydrogens (primary N) is 1. The van der Waals surface area contributed by atoms with Gasteiger partial charge < -0.3 is 11.1 Å². The molecule has 0 fully saturated rings. The minimum atomic E-state index is -0.302. The van der Waals surface area contributed by atoms with Gasteiger partial charge in [0.05, 0.1) is 6.04 Å². The van der Waals surface area contributed by atoms with E-state index in [4.69, 9.17) is 5.73 Å². The number of carbonyl (C=O) groups excluding carboxylic acids is 1. The number of H-pyrrole nitrogens is 1. The maximum Gasteiger partial charge on any atom is 0.291 e. The second-order valence-corrected chi connectivity index (χ2v) is 4.11. The van der Waals surface area contributed by atoms with Crippen LogP contribution in [0.15, 0.2) is 24.3 Å². The van der Waals surface area contributed by atoms with Crippen LogP contribution >= 0.6 is 0 Å². The predicted octanol–water partition coefficient (Wildman–Crippen LogP) is 1.19. The maximum atomic E-state index is 11.8. The zero-order valence-electron chi connectivity index (χ0n) is 10.3. The molecular weight excluding hydrogens is 230 g/mol. The molecular formula is C12H15N5O. The molecule has 2 rings (SSSR count). The Morgan fingerprint density at radius 2 is 2.06 bits per heavy atom. The van der Waals surface area contributed by atoms with Gasteiger partial charge in [0.2, 0.25) is 5.82 Å². The van der Waals surface area contributed by atoms with Gasteiger partial charge in [0, 0.05) is 5.69 Å². The van der Waals surface area contributed by atoms with Crippen molar-refractivity contribution in [3.8, 4) is 0 Å². The van der Waals surface area contributed by atoms with Crippen molar-refractivity contribution in [2.45, 2.75) is 19.9 Å². The van der Waals surface area contributed by atoms with E-state index in [9.17, 15) is 4.79 Å². The van der Waals surface area contributed by atoms with Gasteiger partial charge in [-0.05, 0) is 31.5 Å². The highest BCUT2D eigenvalue weighted by molar-refractivity contribution is 5.90. The van der Waals surface area contributed by atoms with E-state index >= 15 is 0 Å². The topological polar surface area (TPSA) is 96.7 Å². The van der Waals surface area contributed by atoms with Crippen molar-refractivity contribution in [2.24, 2.45) is 0 Å². The van der Waals surface area contributed by atoms with Crippen molar-refractivity contribution in [3.05, 3.63) is 41.5 Å². The van der Waals surface area contributed by atoms with Crippen LogP contribution in [0.2, 0.25) is 0 Å². The Morgan fingerprint density at radius 1 is 1.39 bits per heavy atom. The van der Waals surface area contributed by atoms with Gasteiger partial charge in [0.15, 0.2) is 0 Å². The number of anilines is 1. The summed E-state index contributed by atoms with van der Waals surface area (Å²) < 4.78 is 0. The molecule has 0 saturated heterocycles. The second kappa shape index (κ2) is 4.87. The predicted molar refractivity (Wildman–Crippen MR) is 67.9 cm³/mol. The molecule has 94 valence electrons. The third-order valence-corrected chi connectivity index (χ3v) is 2.58. The number of hydrogen-bond acceptors (Lipinski definition) is 4. The van der Waals surface area contributed by atoms with Crippen molar-refractivity contribution in [1.82, 2.24) is 20.5 Å². The lowest BCUT2D eigenvalue weighted by atomic mass is 10.1. The Labute approximate surface area is 105 Å². The molecule has 0 aliphatic rings. The summed E-state index contributed by atoms with van der Waals surface area (Å²) in [6.45, 7) is 3.64. The van der Waals surface area contributed by atoms with Crippen LogP contribution < -0.4 is 11.1 Å². The number of rotatable bonds is 3. The van der Waals surface area contributed by atoms with Crippen LogP contribution in [-0.4, -0.2) is 21.1 Å². The summed E-state index contributed by atoms with van der Waals surface area (Å²) in [5.41, 5.74) is 7.28. The molecule has 0 aliphatic heterocycles. The summed E-state index contributed by atoms with van der Waals surface area (Å²) in [5.74, 6) is 0.457. The minimum Gasteiger partial charge on any atom is -0.399 e. The summed E-state index contributed by atoms with van der Waals surface area (Å²) in [4.78, 5) is 15.8. The lowest BCUT2D eigenvalue weighted by Gasteiger charge is -2.13. The molecule has 1 amide bonds. The average molecular weight is 245 g/mol. The molecule has 6 nitrogen and oxygen atoms in total. The third-order valence-electron chi connectivity index (χ3n) is 2.58. The molecule has 0 saturated carbocycles. The summed E-state index contributed by atoms with van der Waals surface area (Å²) >= 11 is 0. The highest BCUT2D eigenvalue weighted by Crippen LogP contribution is 2.14. The standard InChI is InChI=1S/C12H15N5O/c1-7(9-3-5-10(13)6-4-9)14-12(18)11-15-8(2)16-17-11/h3-7H,13H2,1-2H3,(H,14,18)(H,15,16,17). The monoisotopic (exact) mass is 245 g/mol. The highest BCUT2D eigenvalue weighted by Gasteiger charge is 2.14. The highest BCUT2D eigenvalue weighted by atomic mass is 16.2. The molecule has 1 unspecified atom stereocenters. The van der Waals surface area contributed by atoms with Gasteiger partial charge in [-0.3, -0.25) is 9.89 Å². The van der Waals surface area contributed by atoms with E-state index in [0.717, 1.165) is 5.56 Å². The first-order valence-electron chi connectivity index (χ1n) is 5.61. The lowest BCUT2D eigenvalue weighted by molar-refractivity contribution is 0.0929. The van der Waals surface area contributed by atoms with Crippen molar-refractivity contribution in [1.29, 1.82) is 0 Å². The molecule has 1 atom stereocenters. The number of aryl methyl sites for hydroxylation is 1.